The summed E-state index contributed by atoms with van der Waals surface area (Å²) >= 11 is 1.84. The van der Waals surface area contributed by atoms with E-state index < -0.39 is 0 Å². The molecule has 0 aliphatic carbocycles. The lowest BCUT2D eigenvalue weighted by molar-refractivity contribution is 0.318. The highest BCUT2D eigenvalue weighted by Crippen LogP contribution is 2.29. The van der Waals surface area contributed by atoms with Gasteiger partial charge in [-0.05, 0) is 11.3 Å². The molecule has 2 unspecified atom stereocenters. The smallest absolute Gasteiger partial charge is 0.107 e. The second kappa shape index (κ2) is 5.87. The van der Waals surface area contributed by atoms with Crippen LogP contribution < -0.4 is 5.73 Å². The molecule has 5 heteroatoms. The van der Waals surface area contributed by atoms with Gasteiger partial charge < -0.3 is 5.73 Å². The predicted molar refractivity (Wildman–Crippen MR) is 80.5 cm³/mol. The van der Waals surface area contributed by atoms with E-state index in [9.17, 15) is 0 Å². The van der Waals surface area contributed by atoms with Crippen LogP contribution in [0.2, 0.25) is 0 Å². The van der Waals surface area contributed by atoms with E-state index in [4.69, 9.17) is 5.73 Å². The van der Waals surface area contributed by atoms with Gasteiger partial charge in [0.1, 0.15) is 5.01 Å². The molecule has 0 saturated carbocycles. The fourth-order valence-corrected chi connectivity index (χ4v) is 3.16. The molecule has 0 aromatic carbocycles. The monoisotopic (exact) mass is 289 g/mol. The highest BCUT2D eigenvalue weighted by molar-refractivity contribution is 7.11. The summed E-state index contributed by atoms with van der Waals surface area (Å²) in [5.74, 6) is 0.608. The minimum Gasteiger partial charge on any atom is -0.326 e. The summed E-state index contributed by atoms with van der Waals surface area (Å²) in [5.41, 5.74) is 6.25. The average molecular weight is 290 g/mol. The number of rotatable bonds is 2. The van der Waals surface area contributed by atoms with Crippen molar-refractivity contribution in [1.82, 2.24) is 9.88 Å². The third-order valence-electron chi connectivity index (χ3n) is 3.40. The fraction of sp³-hybridized carbons (Fsp3) is 0.769. The van der Waals surface area contributed by atoms with Gasteiger partial charge >= 0.3 is 0 Å². The molecule has 2 atom stereocenters. The lowest BCUT2D eigenvalue weighted by atomic mass is 9.96. The van der Waals surface area contributed by atoms with Gasteiger partial charge in [-0.25, -0.2) is 4.98 Å². The molecule has 3 nitrogen and oxygen atoms in total. The van der Waals surface area contributed by atoms with Crippen LogP contribution in [0, 0.1) is 5.92 Å². The number of nitrogens with two attached hydrogens (primary N) is 1. The summed E-state index contributed by atoms with van der Waals surface area (Å²) in [6.45, 7) is 12.0. The maximum absolute atomic E-state index is 6.04. The van der Waals surface area contributed by atoms with E-state index in [1.54, 1.807) is 0 Å². The lowest BCUT2D eigenvalue weighted by Gasteiger charge is -2.15. The number of thiazole rings is 1. The summed E-state index contributed by atoms with van der Waals surface area (Å²) in [6.07, 6.45) is 2.03. The van der Waals surface area contributed by atoms with E-state index in [0.717, 1.165) is 19.6 Å². The number of aromatic nitrogens is 1. The zero-order chi connectivity index (χ0) is 12.6. The quantitative estimate of drug-likeness (QED) is 0.910. The van der Waals surface area contributed by atoms with E-state index in [0.29, 0.717) is 12.0 Å². The molecule has 1 aliphatic heterocycles. The van der Waals surface area contributed by atoms with Crippen LogP contribution in [0.15, 0.2) is 6.20 Å². The molecule has 104 valence electrons. The van der Waals surface area contributed by atoms with E-state index in [-0.39, 0.29) is 17.8 Å². The van der Waals surface area contributed by atoms with Crippen LogP contribution in [0.5, 0.6) is 0 Å². The van der Waals surface area contributed by atoms with Gasteiger partial charge in [0.25, 0.3) is 0 Å². The van der Waals surface area contributed by atoms with Gasteiger partial charge in [-0.3, -0.25) is 4.90 Å². The van der Waals surface area contributed by atoms with Crippen molar-refractivity contribution < 1.29 is 0 Å². The number of likely N-dealkylation sites (tertiary alicyclic amines) is 1. The Hall–Kier alpha value is -0.160. The second-order valence-electron chi connectivity index (χ2n) is 6.20. The first-order chi connectivity index (χ1) is 7.86. The third-order valence-corrected chi connectivity index (χ3v) is 4.81. The SMILES string of the molecule is CC1CN(Cc2ncc(C(C)(C)C)s2)CC1N.Cl. The first kappa shape index (κ1) is 15.9. The molecule has 1 fully saturated rings. The number of nitrogens with zero attached hydrogens (tertiary/aromatic N) is 2. The van der Waals surface area contributed by atoms with Crippen molar-refractivity contribution in [1.29, 1.82) is 0 Å². The molecule has 0 amide bonds. The molecule has 2 rings (SSSR count). The maximum atomic E-state index is 6.04. The first-order valence-corrected chi connectivity index (χ1v) is 7.11. The third kappa shape index (κ3) is 3.67. The normalized spacial score (nSPS) is 25.2. The lowest BCUT2D eigenvalue weighted by Crippen LogP contribution is -2.28. The van der Waals surface area contributed by atoms with Gasteiger partial charge in [0, 0.05) is 30.2 Å². The van der Waals surface area contributed by atoms with Gasteiger partial charge in [-0.2, -0.15) is 0 Å². The van der Waals surface area contributed by atoms with Crippen molar-refractivity contribution in [2.45, 2.75) is 45.7 Å². The van der Waals surface area contributed by atoms with Gasteiger partial charge in [0.05, 0.1) is 6.54 Å². The van der Waals surface area contributed by atoms with Crippen molar-refractivity contribution in [3.8, 4) is 0 Å². The summed E-state index contributed by atoms with van der Waals surface area (Å²) in [4.78, 5) is 8.31. The van der Waals surface area contributed by atoms with E-state index in [1.807, 2.05) is 17.5 Å². The van der Waals surface area contributed by atoms with Crippen molar-refractivity contribution in [3.05, 3.63) is 16.1 Å². The predicted octanol–water partition coefficient (Wildman–Crippen LogP) is 2.64. The molecular weight excluding hydrogens is 266 g/mol. The fourth-order valence-electron chi connectivity index (χ4n) is 2.15. The maximum Gasteiger partial charge on any atom is 0.107 e. The van der Waals surface area contributed by atoms with Gasteiger partial charge in [0.2, 0.25) is 0 Å². The van der Waals surface area contributed by atoms with Crippen LogP contribution >= 0.6 is 23.7 Å². The molecule has 1 aromatic heterocycles. The molecule has 1 aromatic rings. The number of halogens is 1. The zero-order valence-corrected chi connectivity index (χ0v) is 13.3. The molecule has 1 aliphatic rings. The molecule has 2 N–H and O–H groups in total. The molecule has 0 bridgehead atoms. The highest BCUT2D eigenvalue weighted by Gasteiger charge is 2.27. The Balaban J connectivity index is 0.00000162. The van der Waals surface area contributed by atoms with E-state index >= 15 is 0 Å². The van der Waals surface area contributed by atoms with Crippen molar-refractivity contribution >= 4 is 23.7 Å². The number of hydrogen-bond acceptors (Lipinski definition) is 4. The Labute approximate surface area is 120 Å². The molecule has 2 heterocycles. The molecule has 18 heavy (non-hydrogen) atoms. The molecule has 0 spiro atoms. The van der Waals surface area contributed by atoms with Crippen LogP contribution in [0.1, 0.15) is 37.6 Å². The van der Waals surface area contributed by atoms with Crippen molar-refractivity contribution in [3.63, 3.8) is 0 Å². The van der Waals surface area contributed by atoms with Crippen molar-refractivity contribution in [2.24, 2.45) is 11.7 Å². The van der Waals surface area contributed by atoms with Crippen LogP contribution in [-0.4, -0.2) is 29.0 Å². The van der Waals surface area contributed by atoms with Crippen LogP contribution in [0.4, 0.5) is 0 Å². The Morgan fingerprint density at radius 2 is 2.11 bits per heavy atom. The Morgan fingerprint density at radius 1 is 1.44 bits per heavy atom. The average Bonchev–Trinajstić information content (AvgIpc) is 2.75. The van der Waals surface area contributed by atoms with E-state index in [1.165, 1.54) is 9.88 Å². The second-order valence-corrected chi connectivity index (χ2v) is 7.32. The summed E-state index contributed by atoms with van der Waals surface area (Å²) in [6, 6.07) is 0.331. The molecular formula is C13H24ClN3S. The summed E-state index contributed by atoms with van der Waals surface area (Å²) < 4.78 is 0. The van der Waals surface area contributed by atoms with Crippen molar-refractivity contribution in [2.75, 3.05) is 13.1 Å². The van der Waals surface area contributed by atoms with Crippen LogP contribution in [0.3, 0.4) is 0 Å². The first-order valence-electron chi connectivity index (χ1n) is 6.29. The topological polar surface area (TPSA) is 42.2 Å². The van der Waals surface area contributed by atoms with Gasteiger partial charge in [-0.15, -0.1) is 23.7 Å². The molecule has 0 radical (unpaired) electrons. The minimum atomic E-state index is 0. The van der Waals surface area contributed by atoms with Crippen LogP contribution in [0.25, 0.3) is 0 Å². The van der Waals surface area contributed by atoms with Crippen LogP contribution in [-0.2, 0) is 12.0 Å². The standard InChI is InChI=1S/C13H23N3S.ClH/c1-9-6-16(7-10(9)14)8-12-15-5-11(17-12)13(2,3)4;/h5,9-10H,6-8,14H2,1-4H3;1H. The number of hydrogen-bond donors (Lipinski definition) is 1. The largest absolute Gasteiger partial charge is 0.326 e. The Morgan fingerprint density at radius 3 is 2.56 bits per heavy atom. The Bertz CT molecular complexity index is 376. The zero-order valence-electron chi connectivity index (χ0n) is 11.6. The molecule has 1 saturated heterocycles. The van der Waals surface area contributed by atoms with Gasteiger partial charge in [-0.1, -0.05) is 27.7 Å². The Kier molecular flexibility index (Phi) is 5.18. The minimum absolute atomic E-state index is 0. The van der Waals surface area contributed by atoms with E-state index in [2.05, 4.69) is 37.6 Å². The van der Waals surface area contributed by atoms with Gasteiger partial charge in [0.15, 0.2) is 0 Å². The summed E-state index contributed by atoms with van der Waals surface area (Å²) in [7, 11) is 0. The summed E-state index contributed by atoms with van der Waals surface area (Å²) in [5, 5.41) is 1.22. The highest BCUT2D eigenvalue weighted by atomic mass is 35.5.